The molecule has 1 saturated carbocycles. The number of thiophene rings is 1. The molecule has 0 saturated heterocycles. The molecule has 0 aliphatic heterocycles. The first-order valence-corrected chi connectivity index (χ1v) is 7.74. The summed E-state index contributed by atoms with van der Waals surface area (Å²) in [6.45, 7) is 2.57. The summed E-state index contributed by atoms with van der Waals surface area (Å²) < 4.78 is 0. The second kappa shape index (κ2) is 6.74. The van der Waals surface area contributed by atoms with Crippen molar-refractivity contribution in [2.75, 3.05) is 0 Å². The number of carbonyl (C=O) groups excluding carboxylic acids is 1. The Morgan fingerprint density at radius 1 is 1.35 bits per heavy atom. The van der Waals surface area contributed by atoms with Gasteiger partial charge in [-0.05, 0) is 49.6 Å². The molecule has 0 unspecified atom stereocenters. The molecule has 1 aromatic heterocycles. The van der Waals surface area contributed by atoms with Crippen molar-refractivity contribution in [1.29, 1.82) is 0 Å². The van der Waals surface area contributed by atoms with Gasteiger partial charge < -0.3 is 15.7 Å². The van der Waals surface area contributed by atoms with Crippen LogP contribution in [0.1, 0.15) is 36.1 Å². The molecule has 0 aromatic carbocycles. The number of hydrogen-bond acceptors (Lipinski definition) is 3. The highest BCUT2D eigenvalue weighted by Gasteiger charge is 2.26. The Bertz CT molecular complexity index is 479. The van der Waals surface area contributed by atoms with Gasteiger partial charge in [0.2, 0.25) is 0 Å². The van der Waals surface area contributed by atoms with E-state index in [2.05, 4.69) is 10.6 Å². The molecule has 110 valence electrons. The largest absolute Gasteiger partial charge is 0.481 e. The summed E-state index contributed by atoms with van der Waals surface area (Å²) in [4.78, 5) is 23.8. The van der Waals surface area contributed by atoms with E-state index in [4.69, 9.17) is 5.11 Å². The quantitative estimate of drug-likeness (QED) is 0.798. The Balaban J connectivity index is 1.70. The molecule has 6 heteroatoms. The minimum atomic E-state index is -0.721. The molecule has 2 amide bonds. The van der Waals surface area contributed by atoms with E-state index in [9.17, 15) is 9.59 Å². The summed E-state index contributed by atoms with van der Waals surface area (Å²) in [6, 6.07) is 1.96. The lowest BCUT2D eigenvalue weighted by molar-refractivity contribution is -0.142. The number of carboxylic acids is 1. The molecular formula is C14H20N2O3S. The smallest absolute Gasteiger partial charge is 0.315 e. The van der Waals surface area contributed by atoms with Gasteiger partial charge in [-0.1, -0.05) is 0 Å². The van der Waals surface area contributed by atoms with E-state index < -0.39 is 5.97 Å². The average Bonchev–Trinajstić information content (AvgIpc) is 2.82. The average molecular weight is 296 g/mol. The fraction of sp³-hybridized carbons (Fsp3) is 0.571. The van der Waals surface area contributed by atoms with Crippen LogP contribution in [0.3, 0.4) is 0 Å². The lowest BCUT2D eigenvalue weighted by Crippen LogP contribution is -2.43. The topological polar surface area (TPSA) is 78.4 Å². The first kappa shape index (κ1) is 14.8. The molecule has 0 atom stereocenters. The van der Waals surface area contributed by atoms with E-state index in [1.165, 1.54) is 5.56 Å². The highest BCUT2D eigenvalue weighted by atomic mass is 32.1. The zero-order chi connectivity index (χ0) is 14.5. The number of carbonyl (C=O) groups is 2. The number of aliphatic carboxylic acids is 1. The zero-order valence-corrected chi connectivity index (χ0v) is 12.3. The van der Waals surface area contributed by atoms with Crippen LogP contribution in [0.4, 0.5) is 4.79 Å². The number of amides is 2. The van der Waals surface area contributed by atoms with Gasteiger partial charge in [-0.3, -0.25) is 4.79 Å². The van der Waals surface area contributed by atoms with Gasteiger partial charge in [0, 0.05) is 10.9 Å². The maximum atomic E-state index is 11.8. The molecule has 1 aliphatic carbocycles. The Hall–Kier alpha value is -1.56. The van der Waals surface area contributed by atoms with E-state index in [1.807, 2.05) is 18.4 Å². The Labute approximate surface area is 122 Å². The number of nitrogens with one attached hydrogen (secondary N) is 2. The maximum Gasteiger partial charge on any atom is 0.315 e. The Morgan fingerprint density at radius 3 is 2.60 bits per heavy atom. The summed E-state index contributed by atoms with van der Waals surface area (Å²) in [6.07, 6.45) is 2.76. The van der Waals surface area contributed by atoms with Crippen molar-refractivity contribution in [2.24, 2.45) is 5.92 Å². The van der Waals surface area contributed by atoms with Gasteiger partial charge in [0.25, 0.3) is 0 Å². The summed E-state index contributed by atoms with van der Waals surface area (Å²) >= 11 is 1.63. The van der Waals surface area contributed by atoms with Crippen molar-refractivity contribution in [3.63, 3.8) is 0 Å². The lowest BCUT2D eigenvalue weighted by atomic mass is 9.86. The van der Waals surface area contributed by atoms with Gasteiger partial charge >= 0.3 is 12.0 Å². The summed E-state index contributed by atoms with van der Waals surface area (Å²) in [7, 11) is 0. The standard InChI is InChI=1S/C14H20N2O3S/c1-9-6-7-20-12(9)8-15-14(19)16-11-4-2-10(3-5-11)13(17)18/h6-7,10-11H,2-5,8H2,1H3,(H,17,18)(H2,15,16,19). The summed E-state index contributed by atoms with van der Waals surface area (Å²) in [5.41, 5.74) is 1.19. The van der Waals surface area contributed by atoms with Crippen LogP contribution in [-0.2, 0) is 11.3 Å². The van der Waals surface area contributed by atoms with Crippen LogP contribution in [0.2, 0.25) is 0 Å². The number of rotatable bonds is 4. The first-order valence-electron chi connectivity index (χ1n) is 6.86. The fourth-order valence-corrected chi connectivity index (χ4v) is 3.31. The number of carboxylic acid groups (broad SMARTS) is 1. The zero-order valence-electron chi connectivity index (χ0n) is 11.5. The van der Waals surface area contributed by atoms with Gasteiger partial charge in [0.15, 0.2) is 0 Å². The third kappa shape index (κ3) is 3.96. The van der Waals surface area contributed by atoms with Crippen LogP contribution in [0.15, 0.2) is 11.4 Å². The molecule has 5 nitrogen and oxygen atoms in total. The van der Waals surface area contributed by atoms with E-state index in [0.717, 1.165) is 17.7 Å². The van der Waals surface area contributed by atoms with Crippen molar-refractivity contribution >= 4 is 23.3 Å². The minimum Gasteiger partial charge on any atom is -0.481 e. The van der Waals surface area contributed by atoms with Gasteiger partial charge in [-0.2, -0.15) is 0 Å². The van der Waals surface area contributed by atoms with E-state index in [-0.39, 0.29) is 18.0 Å². The molecule has 20 heavy (non-hydrogen) atoms. The fourth-order valence-electron chi connectivity index (χ4n) is 2.47. The second-order valence-electron chi connectivity index (χ2n) is 5.24. The van der Waals surface area contributed by atoms with Crippen molar-refractivity contribution in [1.82, 2.24) is 10.6 Å². The molecule has 1 aromatic rings. The third-order valence-corrected chi connectivity index (χ3v) is 4.81. The van der Waals surface area contributed by atoms with Crippen molar-refractivity contribution < 1.29 is 14.7 Å². The molecule has 3 N–H and O–H groups in total. The van der Waals surface area contributed by atoms with Crippen LogP contribution < -0.4 is 10.6 Å². The van der Waals surface area contributed by atoms with Crippen LogP contribution in [0, 0.1) is 12.8 Å². The van der Waals surface area contributed by atoms with Crippen molar-refractivity contribution in [3.05, 3.63) is 21.9 Å². The molecule has 2 rings (SSSR count). The molecule has 1 aliphatic rings. The maximum absolute atomic E-state index is 11.8. The molecule has 1 fully saturated rings. The Kier molecular flexibility index (Phi) is 5.00. The summed E-state index contributed by atoms with van der Waals surface area (Å²) in [5.74, 6) is -0.967. The Morgan fingerprint density at radius 2 is 2.05 bits per heavy atom. The predicted molar refractivity (Wildman–Crippen MR) is 77.8 cm³/mol. The normalized spacial score (nSPS) is 22.2. The highest BCUT2D eigenvalue weighted by molar-refractivity contribution is 7.10. The minimum absolute atomic E-state index is 0.0926. The van der Waals surface area contributed by atoms with E-state index >= 15 is 0 Å². The van der Waals surface area contributed by atoms with Crippen LogP contribution in [-0.4, -0.2) is 23.1 Å². The van der Waals surface area contributed by atoms with Gasteiger partial charge in [0.05, 0.1) is 12.5 Å². The third-order valence-electron chi connectivity index (χ3n) is 3.79. The second-order valence-corrected chi connectivity index (χ2v) is 6.24. The van der Waals surface area contributed by atoms with Crippen molar-refractivity contribution in [2.45, 2.75) is 45.2 Å². The van der Waals surface area contributed by atoms with Crippen LogP contribution >= 0.6 is 11.3 Å². The van der Waals surface area contributed by atoms with Crippen molar-refractivity contribution in [3.8, 4) is 0 Å². The van der Waals surface area contributed by atoms with E-state index in [0.29, 0.717) is 19.4 Å². The monoisotopic (exact) mass is 296 g/mol. The molecular weight excluding hydrogens is 276 g/mol. The van der Waals surface area contributed by atoms with Gasteiger partial charge in [-0.25, -0.2) is 4.79 Å². The number of urea groups is 1. The van der Waals surface area contributed by atoms with Gasteiger partial charge in [-0.15, -0.1) is 11.3 Å². The predicted octanol–water partition coefficient (Wildman–Crippen LogP) is 2.50. The lowest BCUT2D eigenvalue weighted by Gasteiger charge is -2.26. The van der Waals surface area contributed by atoms with E-state index in [1.54, 1.807) is 11.3 Å². The molecule has 0 spiro atoms. The van der Waals surface area contributed by atoms with Crippen LogP contribution in [0.5, 0.6) is 0 Å². The SMILES string of the molecule is Cc1ccsc1CNC(=O)NC1CCC(C(=O)O)CC1. The number of hydrogen-bond donors (Lipinski definition) is 3. The summed E-state index contributed by atoms with van der Waals surface area (Å²) in [5, 5.41) is 16.7. The molecule has 0 bridgehead atoms. The molecule has 1 heterocycles. The first-order chi connectivity index (χ1) is 9.56. The van der Waals surface area contributed by atoms with Crippen LogP contribution in [0.25, 0.3) is 0 Å². The van der Waals surface area contributed by atoms with Gasteiger partial charge in [0.1, 0.15) is 0 Å². The highest BCUT2D eigenvalue weighted by Crippen LogP contribution is 2.24. The number of aryl methyl sites for hydroxylation is 1. The molecule has 0 radical (unpaired) electrons.